The van der Waals surface area contributed by atoms with Crippen LogP contribution in [-0.2, 0) is 28.7 Å². The summed E-state index contributed by atoms with van der Waals surface area (Å²) in [6.45, 7) is 18.1. The number of ketones is 1. The summed E-state index contributed by atoms with van der Waals surface area (Å²) in [5, 5.41) is 0.959. The van der Waals surface area contributed by atoms with E-state index in [1.54, 1.807) is 38.3 Å². The number of methoxy groups -OCH3 is 1. The molecule has 6 rings (SSSR count). The van der Waals surface area contributed by atoms with Gasteiger partial charge in [0.15, 0.2) is 11.5 Å². The number of ether oxygens (including phenoxy) is 4. The molecule has 0 aromatic heterocycles. The number of rotatable bonds is 11. The molecule has 0 heterocycles. The SMILES string of the molecule is CCOC(=O)/C=C/c1ccc(OC)c(OC(=O)[C@@]2(C)CC[C@]3(C)CC[C@]4(C)C(=CC(=O)[C@@H]5[C@@]6(C)CC[C@H](OC(=O)[C@@H](N)CC[Se]C)C(C)(C)[C@@H]6CC[C@]54C)[C@H]3C2)c1.Cl. The van der Waals surface area contributed by atoms with E-state index in [9.17, 15) is 19.2 Å². The van der Waals surface area contributed by atoms with E-state index < -0.39 is 17.4 Å². The Kier molecular flexibility index (Phi) is 13.6. The predicted molar refractivity (Wildman–Crippen MR) is 230 cm³/mol. The average molecular weight is 889 g/mol. The summed E-state index contributed by atoms with van der Waals surface area (Å²) in [5.74, 6) is 2.19. The van der Waals surface area contributed by atoms with Gasteiger partial charge in [0.1, 0.15) is 0 Å². The molecule has 0 spiro atoms. The molecule has 4 fully saturated rings. The number of allylic oxidation sites excluding steroid dienone is 2. The Bertz CT molecular complexity index is 1830. The topological polar surface area (TPSA) is 131 Å². The molecule has 0 saturated heterocycles. The number of hydrogen-bond donors (Lipinski definition) is 1. The first-order valence-electron chi connectivity index (χ1n) is 21.2. The number of esters is 3. The predicted octanol–water partition coefficient (Wildman–Crippen LogP) is 9.38. The average Bonchev–Trinajstić information content (AvgIpc) is 3.15. The van der Waals surface area contributed by atoms with Crippen LogP contribution in [0.3, 0.4) is 0 Å². The Hall–Kier alpha value is -2.65. The van der Waals surface area contributed by atoms with Gasteiger partial charge in [0.2, 0.25) is 0 Å². The van der Waals surface area contributed by atoms with Gasteiger partial charge in [-0.05, 0) is 81.1 Å². The molecule has 1 aromatic carbocycles. The summed E-state index contributed by atoms with van der Waals surface area (Å²) in [6, 6.07) is 4.65. The standard InChI is InChI=1S/C47H67NO8Se.ClH/c1-11-54-38(50)15-13-29-12-14-34(53-9)35(26-29)55-41(52)44(5)22-21-43(4)23-24-46(7)30(31(43)28-44)27-33(49)39-45(6)19-17-37(56-40(51)32(48)18-25-57-10)42(2,3)36(45)16-20-47(39,46)8;/h12-15,26-27,31-32,36-37,39H,11,16-25,28,48H2,1-10H3;1H/b15-13+;/t31-,32+,36+,37+,39-,43-,44+,45+,46-,47-;/m1./s1. The number of hydrogen-bond acceptors (Lipinski definition) is 9. The molecule has 58 heavy (non-hydrogen) atoms. The number of benzene rings is 1. The zero-order valence-electron chi connectivity index (χ0n) is 36.5. The smallest absolute Gasteiger partial charge is 0.147 e. The van der Waals surface area contributed by atoms with Crippen LogP contribution >= 0.6 is 12.4 Å². The molecular weight excluding hydrogens is 821 g/mol. The molecular formula is C47H68ClNO8Se. The minimum Gasteiger partial charge on any atom is -0.147 e. The van der Waals surface area contributed by atoms with Crippen molar-refractivity contribution in [2.75, 3.05) is 13.7 Å². The number of carbonyl (C=O) groups excluding carboxylic acids is 4. The summed E-state index contributed by atoms with van der Waals surface area (Å²) in [4.78, 5) is 54.4. The molecule has 11 heteroatoms. The van der Waals surface area contributed by atoms with Crippen LogP contribution in [0.15, 0.2) is 35.9 Å². The maximum atomic E-state index is 15.0. The van der Waals surface area contributed by atoms with E-state index in [0.29, 0.717) is 51.3 Å². The van der Waals surface area contributed by atoms with Crippen LogP contribution in [0, 0.1) is 50.2 Å². The van der Waals surface area contributed by atoms with Crippen molar-refractivity contribution in [1.29, 1.82) is 0 Å². The molecule has 0 bridgehead atoms. The Morgan fingerprint density at radius 1 is 0.966 bits per heavy atom. The van der Waals surface area contributed by atoms with E-state index in [4.69, 9.17) is 24.7 Å². The first-order chi connectivity index (χ1) is 26.7. The fourth-order valence-corrected chi connectivity index (χ4v) is 13.6. The monoisotopic (exact) mass is 889 g/mol. The van der Waals surface area contributed by atoms with Gasteiger partial charge in [0, 0.05) is 6.08 Å². The van der Waals surface area contributed by atoms with E-state index in [2.05, 4.69) is 47.4 Å². The third-order valence-corrected chi connectivity index (χ3v) is 17.6. The van der Waals surface area contributed by atoms with Crippen LogP contribution in [0.5, 0.6) is 11.5 Å². The van der Waals surface area contributed by atoms with E-state index in [-0.39, 0.29) is 87.7 Å². The van der Waals surface area contributed by atoms with Crippen molar-refractivity contribution < 1.29 is 38.1 Å². The minimum atomic E-state index is -0.782. The van der Waals surface area contributed by atoms with E-state index >= 15 is 0 Å². The number of fused-ring (bicyclic) bond motifs is 7. The van der Waals surface area contributed by atoms with Crippen LogP contribution in [0.1, 0.15) is 125 Å². The van der Waals surface area contributed by atoms with E-state index in [0.717, 1.165) is 50.3 Å². The van der Waals surface area contributed by atoms with Crippen LogP contribution in [0.4, 0.5) is 0 Å². The normalized spacial score (nSPS) is 36.7. The van der Waals surface area contributed by atoms with Crippen LogP contribution in [-0.4, -0.2) is 64.5 Å². The molecule has 10 atom stereocenters. The molecule has 322 valence electrons. The van der Waals surface area contributed by atoms with Gasteiger partial charge in [0.25, 0.3) is 0 Å². The number of carbonyl (C=O) groups is 4. The van der Waals surface area contributed by atoms with Crippen molar-refractivity contribution in [2.24, 2.45) is 56.0 Å². The molecule has 5 aliphatic rings. The van der Waals surface area contributed by atoms with Gasteiger partial charge >= 0.3 is 181 Å². The summed E-state index contributed by atoms with van der Waals surface area (Å²) in [7, 11) is 1.54. The van der Waals surface area contributed by atoms with Gasteiger partial charge in [-0.1, -0.05) is 25.5 Å². The first kappa shape index (κ1) is 46.4. The second kappa shape index (κ2) is 17.0. The van der Waals surface area contributed by atoms with Crippen LogP contribution < -0.4 is 15.2 Å². The number of nitrogens with two attached hydrogens (primary N) is 1. The Morgan fingerprint density at radius 3 is 2.34 bits per heavy atom. The molecule has 4 saturated carbocycles. The zero-order valence-corrected chi connectivity index (χ0v) is 39.0. The van der Waals surface area contributed by atoms with Gasteiger partial charge in [0.05, 0.1) is 19.1 Å². The summed E-state index contributed by atoms with van der Waals surface area (Å²) >= 11 is 0.463. The van der Waals surface area contributed by atoms with Crippen molar-refractivity contribution in [2.45, 2.75) is 143 Å². The molecule has 1 aromatic rings. The second-order valence-corrected chi connectivity index (χ2v) is 21.9. The molecule has 0 unspecified atom stereocenters. The van der Waals surface area contributed by atoms with Gasteiger partial charge in [-0.15, -0.1) is 12.4 Å². The third kappa shape index (κ3) is 7.86. The van der Waals surface area contributed by atoms with E-state index in [1.165, 1.54) is 11.6 Å². The van der Waals surface area contributed by atoms with Crippen LogP contribution in [0.2, 0.25) is 11.1 Å². The van der Waals surface area contributed by atoms with Gasteiger partial charge in [-0.2, -0.15) is 0 Å². The molecule has 0 amide bonds. The Labute approximate surface area is 359 Å². The molecule has 9 nitrogen and oxygen atoms in total. The van der Waals surface area contributed by atoms with Gasteiger partial charge < -0.3 is 14.2 Å². The van der Waals surface area contributed by atoms with Crippen molar-refractivity contribution in [1.82, 2.24) is 0 Å². The molecule has 2 N–H and O–H groups in total. The minimum absolute atomic E-state index is 0. The third-order valence-electron chi connectivity index (χ3n) is 16.3. The molecule has 0 radical (unpaired) electrons. The quantitative estimate of drug-likeness (QED) is 0.1000. The Morgan fingerprint density at radius 2 is 1.67 bits per heavy atom. The van der Waals surface area contributed by atoms with Crippen LogP contribution in [0.25, 0.3) is 6.08 Å². The first-order valence-corrected chi connectivity index (χ1v) is 24.1. The fraction of sp³-hybridized carbons (Fsp3) is 0.702. The summed E-state index contributed by atoms with van der Waals surface area (Å²) in [5.41, 5.74) is 6.34. The van der Waals surface area contributed by atoms with Gasteiger partial charge in [-0.25, -0.2) is 4.79 Å². The van der Waals surface area contributed by atoms with Gasteiger partial charge in [-0.3, -0.25) is 4.79 Å². The summed E-state index contributed by atoms with van der Waals surface area (Å²) in [6.07, 6.45) is 13.1. The summed E-state index contributed by atoms with van der Waals surface area (Å²) < 4.78 is 23.0. The van der Waals surface area contributed by atoms with Crippen molar-refractivity contribution in [3.8, 4) is 11.5 Å². The fourth-order valence-electron chi connectivity index (χ4n) is 12.6. The zero-order chi connectivity index (χ0) is 41.8. The van der Waals surface area contributed by atoms with Crippen molar-refractivity contribution in [3.63, 3.8) is 0 Å². The molecule has 5 aliphatic carbocycles. The Balaban J connectivity index is 0.00000641. The maximum absolute atomic E-state index is 15.0. The van der Waals surface area contributed by atoms with E-state index in [1.807, 2.05) is 13.0 Å². The van der Waals surface area contributed by atoms with Crippen molar-refractivity contribution in [3.05, 3.63) is 41.5 Å². The van der Waals surface area contributed by atoms with Crippen molar-refractivity contribution >= 4 is 57.1 Å². The molecule has 0 aliphatic heterocycles. The second-order valence-electron chi connectivity index (χ2n) is 19.8. The number of halogens is 1.